The summed E-state index contributed by atoms with van der Waals surface area (Å²) in [5.41, 5.74) is 6.99. The van der Waals surface area contributed by atoms with Crippen molar-refractivity contribution in [3.8, 4) is 5.75 Å². The smallest absolute Gasteiger partial charge is 0.315 e. The van der Waals surface area contributed by atoms with Gasteiger partial charge >= 0.3 is 5.97 Å². The van der Waals surface area contributed by atoms with Gasteiger partial charge in [-0.1, -0.05) is 41.9 Å². The molecule has 0 saturated carbocycles. The van der Waals surface area contributed by atoms with Gasteiger partial charge in [-0.05, 0) is 46.7 Å². The maximum atomic E-state index is 12.0. The molecule has 0 unspecified atom stereocenters. The van der Waals surface area contributed by atoms with Crippen molar-refractivity contribution in [3.63, 3.8) is 0 Å². The van der Waals surface area contributed by atoms with Gasteiger partial charge in [0.1, 0.15) is 11.6 Å². The summed E-state index contributed by atoms with van der Waals surface area (Å²) in [5, 5.41) is 9.94. The number of hydrogen-bond donors (Lipinski definition) is 2. The Labute approximate surface area is 144 Å². The van der Waals surface area contributed by atoms with E-state index in [2.05, 4.69) is 0 Å². The molecule has 0 fully saturated rings. The number of carbonyl (C=O) groups is 1. The van der Waals surface area contributed by atoms with Gasteiger partial charge in [-0.15, -0.1) is 0 Å². The molecule has 4 nitrogen and oxygen atoms in total. The van der Waals surface area contributed by atoms with Crippen molar-refractivity contribution >= 4 is 34.2 Å². The fourth-order valence-corrected chi connectivity index (χ4v) is 2.52. The highest BCUT2D eigenvalue weighted by molar-refractivity contribution is 6.30. The van der Waals surface area contributed by atoms with Gasteiger partial charge in [-0.2, -0.15) is 0 Å². The summed E-state index contributed by atoms with van der Waals surface area (Å²) in [5.74, 6) is 0.171. The lowest BCUT2D eigenvalue weighted by molar-refractivity contribution is -0.133. The molecule has 0 spiro atoms. The van der Waals surface area contributed by atoms with Crippen LogP contribution in [0.4, 0.5) is 0 Å². The topological polar surface area (TPSA) is 76.2 Å². The highest BCUT2D eigenvalue weighted by atomic mass is 35.5. The first kappa shape index (κ1) is 16.0. The molecule has 0 atom stereocenters. The van der Waals surface area contributed by atoms with Gasteiger partial charge in [0.15, 0.2) is 0 Å². The van der Waals surface area contributed by atoms with E-state index in [9.17, 15) is 4.79 Å². The molecular formula is C19H15ClN2O2. The van der Waals surface area contributed by atoms with Gasteiger partial charge in [-0.25, -0.2) is 0 Å². The first-order chi connectivity index (χ1) is 11.5. The quantitative estimate of drug-likeness (QED) is 0.327. The van der Waals surface area contributed by atoms with Crippen molar-refractivity contribution in [2.75, 3.05) is 0 Å². The van der Waals surface area contributed by atoms with Crippen LogP contribution >= 0.6 is 11.6 Å². The van der Waals surface area contributed by atoms with Crippen LogP contribution in [0.1, 0.15) is 11.1 Å². The summed E-state index contributed by atoms with van der Waals surface area (Å²) < 4.78 is 5.40. The summed E-state index contributed by atoms with van der Waals surface area (Å²) in [6.07, 6.45) is 0.179. The van der Waals surface area contributed by atoms with Crippen LogP contribution in [0.3, 0.4) is 0 Å². The molecule has 3 aromatic rings. The summed E-state index contributed by atoms with van der Waals surface area (Å²) in [6, 6.07) is 17.9. The fraction of sp³-hybridized carbons (Fsp3) is 0.0526. The van der Waals surface area contributed by atoms with Crippen LogP contribution < -0.4 is 10.5 Å². The Balaban J connectivity index is 1.74. The molecule has 0 heterocycles. The summed E-state index contributed by atoms with van der Waals surface area (Å²) in [6.45, 7) is 0. The molecule has 0 aliphatic carbocycles. The zero-order valence-electron chi connectivity index (χ0n) is 12.8. The van der Waals surface area contributed by atoms with E-state index in [0.717, 1.165) is 16.3 Å². The van der Waals surface area contributed by atoms with Gasteiger partial charge in [0.25, 0.3) is 0 Å². The number of nitrogens with two attached hydrogens (primary N) is 1. The summed E-state index contributed by atoms with van der Waals surface area (Å²) in [4.78, 5) is 12.0. The van der Waals surface area contributed by atoms with Gasteiger partial charge in [0.05, 0.1) is 6.42 Å². The van der Waals surface area contributed by atoms with E-state index in [0.29, 0.717) is 16.3 Å². The van der Waals surface area contributed by atoms with E-state index in [1.54, 1.807) is 42.5 Å². The third kappa shape index (κ3) is 3.73. The Morgan fingerprint density at radius 2 is 1.67 bits per heavy atom. The third-order valence-corrected chi connectivity index (χ3v) is 3.87. The largest absolute Gasteiger partial charge is 0.426 e. The van der Waals surface area contributed by atoms with Crippen LogP contribution in [0.25, 0.3) is 10.8 Å². The first-order valence-electron chi connectivity index (χ1n) is 7.34. The molecule has 120 valence electrons. The molecule has 0 radical (unpaired) electrons. The first-order valence-corrected chi connectivity index (χ1v) is 7.72. The van der Waals surface area contributed by atoms with Crippen molar-refractivity contribution in [2.24, 2.45) is 5.73 Å². The number of benzene rings is 3. The average molecular weight is 339 g/mol. The number of halogens is 1. The second-order valence-corrected chi connectivity index (χ2v) is 5.85. The SMILES string of the molecule is N=C(N)c1ccc2cc(OC(=O)Cc3ccc(Cl)cc3)ccc2c1. The van der Waals surface area contributed by atoms with Gasteiger partial charge in [0.2, 0.25) is 0 Å². The number of rotatable bonds is 4. The van der Waals surface area contributed by atoms with Crippen molar-refractivity contribution in [2.45, 2.75) is 6.42 Å². The number of nitrogen functional groups attached to an aromatic ring is 1. The molecule has 0 aliphatic heterocycles. The van der Waals surface area contributed by atoms with E-state index in [1.165, 1.54) is 0 Å². The molecule has 0 amide bonds. The maximum absolute atomic E-state index is 12.0. The summed E-state index contributed by atoms with van der Waals surface area (Å²) in [7, 11) is 0. The number of ether oxygens (including phenoxy) is 1. The van der Waals surface area contributed by atoms with Crippen LogP contribution in [0, 0.1) is 5.41 Å². The molecule has 3 N–H and O–H groups in total. The van der Waals surface area contributed by atoms with Crippen LogP contribution in [-0.2, 0) is 11.2 Å². The highest BCUT2D eigenvalue weighted by Crippen LogP contribution is 2.22. The second kappa shape index (κ2) is 6.72. The lowest BCUT2D eigenvalue weighted by Crippen LogP contribution is -2.11. The Morgan fingerprint density at radius 3 is 2.38 bits per heavy atom. The van der Waals surface area contributed by atoms with Crippen LogP contribution in [-0.4, -0.2) is 11.8 Å². The normalized spacial score (nSPS) is 10.5. The number of hydrogen-bond acceptors (Lipinski definition) is 3. The van der Waals surface area contributed by atoms with Gasteiger partial charge < -0.3 is 10.5 Å². The standard InChI is InChI=1S/C19H15ClN2O2/c20-16-6-1-12(2-7-16)9-18(23)24-17-8-5-13-10-15(19(21)22)4-3-14(13)11-17/h1-8,10-11H,9H2,(H3,21,22). The Morgan fingerprint density at radius 1 is 1.00 bits per heavy atom. The predicted molar refractivity (Wildman–Crippen MR) is 95.8 cm³/mol. The van der Waals surface area contributed by atoms with Crippen molar-refractivity contribution in [3.05, 3.63) is 76.8 Å². The lowest BCUT2D eigenvalue weighted by Gasteiger charge is -2.07. The molecule has 5 heteroatoms. The zero-order chi connectivity index (χ0) is 17.1. The zero-order valence-corrected chi connectivity index (χ0v) is 13.5. The summed E-state index contributed by atoms with van der Waals surface area (Å²) >= 11 is 5.83. The maximum Gasteiger partial charge on any atom is 0.315 e. The van der Waals surface area contributed by atoms with Crippen molar-refractivity contribution in [1.29, 1.82) is 5.41 Å². The number of amidine groups is 1. The molecule has 3 rings (SSSR count). The van der Waals surface area contributed by atoms with E-state index < -0.39 is 0 Å². The van der Waals surface area contributed by atoms with E-state index in [1.807, 2.05) is 18.2 Å². The monoisotopic (exact) mass is 338 g/mol. The van der Waals surface area contributed by atoms with Crippen LogP contribution in [0.5, 0.6) is 5.75 Å². The minimum Gasteiger partial charge on any atom is -0.426 e. The number of esters is 1. The number of carbonyl (C=O) groups excluding carboxylic acids is 1. The van der Waals surface area contributed by atoms with Gasteiger partial charge in [0, 0.05) is 10.6 Å². The molecule has 0 aliphatic rings. The third-order valence-electron chi connectivity index (χ3n) is 3.62. The van der Waals surface area contributed by atoms with Crippen molar-refractivity contribution < 1.29 is 9.53 Å². The minimum atomic E-state index is -0.336. The van der Waals surface area contributed by atoms with E-state index in [4.69, 9.17) is 27.5 Å². The van der Waals surface area contributed by atoms with Crippen LogP contribution in [0.2, 0.25) is 5.02 Å². The highest BCUT2D eigenvalue weighted by Gasteiger charge is 2.08. The lowest BCUT2D eigenvalue weighted by atomic mass is 10.1. The van der Waals surface area contributed by atoms with Crippen LogP contribution in [0.15, 0.2) is 60.7 Å². The molecule has 0 saturated heterocycles. The molecule has 0 aromatic heterocycles. The molecule has 3 aromatic carbocycles. The van der Waals surface area contributed by atoms with Gasteiger partial charge in [-0.3, -0.25) is 10.2 Å². The van der Waals surface area contributed by atoms with Crippen molar-refractivity contribution in [1.82, 2.24) is 0 Å². The number of fused-ring (bicyclic) bond motifs is 1. The Kier molecular flexibility index (Phi) is 4.49. The Bertz CT molecular complexity index is 920. The molecule has 0 bridgehead atoms. The molecule has 24 heavy (non-hydrogen) atoms. The Hall–Kier alpha value is -2.85. The predicted octanol–water partition coefficient (Wildman–Crippen LogP) is 3.93. The van der Waals surface area contributed by atoms with E-state index >= 15 is 0 Å². The second-order valence-electron chi connectivity index (χ2n) is 5.41. The minimum absolute atomic E-state index is 0.0235. The number of nitrogens with one attached hydrogen (secondary N) is 1. The average Bonchev–Trinajstić information content (AvgIpc) is 2.56. The fourth-order valence-electron chi connectivity index (χ4n) is 2.39. The molecular weight excluding hydrogens is 324 g/mol. The van der Waals surface area contributed by atoms with E-state index in [-0.39, 0.29) is 18.2 Å².